The highest BCUT2D eigenvalue weighted by atomic mass is 32.2. The van der Waals surface area contributed by atoms with Gasteiger partial charge in [0.2, 0.25) is 0 Å². The predicted octanol–water partition coefficient (Wildman–Crippen LogP) is -0.288. The van der Waals surface area contributed by atoms with E-state index in [4.69, 9.17) is 14.8 Å². The third-order valence-corrected chi connectivity index (χ3v) is 4.50. The van der Waals surface area contributed by atoms with Crippen LogP contribution in [0.1, 0.15) is 13.3 Å². The molecule has 0 bridgehead atoms. The van der Waals surface area contributed by atoms with Crippen LogP contribution in [0.2, 0.25) is 0 Å². The summed E-state index contributed by atoms with van der Waals surface area (Å²) in [7, 11) is -9.22. The van der Waals surface area contributed by atoms with Crippen molar-refractivity contribution in [2.45, 2.75) is 19.4 Å². The van der Waals surface area contributed by atoms with Gasteiger partial charge in [0.15, 0.2) is 0 Å². The normalized spacial score (nSPS) is 21.0. The Morgan fingerprint density at radius 1 is 1.37 bits per heavy atom. The van der Waals surface area contributed by atoms with E-state index in [9.17, 15) is 16.8 Å². The molecule has 0 amide bonds. The van der Waals surface area contributed by atoms with E-state index in [2.05, 4.69) is 11.9 Å². The fourth-order valence-electron chi connectivity index (χ4n) is 1.76. The highest BCUT2D eigenvalue weighted by Gasteiger charge is 2.32. The largest absolute Gasteiger partial charge is 0.386 e. The topological polar surface area (TPSA) is 147 Å². The molecule has 0 heterocycles. The first-order chi connectivity index (χ1) is 8.43. The zero-order valence-electron chi connectivity index (χ0n) is 9.99. The van der Waals surface area contributed by atoms with Crippen molar-refractivity contribution in [2.75, 3.05) is 0 Å². The first kappa shape index (κ1) is 15.7. The molecule has 1 aliphatic carbocycles. The van der Waals surface area contributed by atoms with Crippen molar-refractivity contribution in [2.24, 2.45) is 5.73 Å². The van der Waals surface area contributed by atoms with E-state index in [1.807, 2.05) is 0 Å². The highest BCUT2D eigenvalue weighted by molar-refractivity contribution is 7.91. The molecule has 1 atom stereocenters. The molecule has 0 saturated carbocycles. The van der Waals surface area contributed by atoms with Crippen LogP contribution >= 0.6 is 0 Å². The van der Waals surface area contributed by atoms with Crippen LogP contribution in [-0.2, 0) is 20.2 Å². The molecule has 1 unspecified atom stereocenters. The molecule has 0 aromatic rings. The fraction of sp³-hybridized carbons (Fsp3) is 0.333. The van der Waals surface area contributed by atoms with Crippen LogP contribution in [-0.4, -0.2) is 32.0 Å². The Kier molecular flexibility index (Phi) is 4.10. The molecule has 0 radical (unpaired) electrons. The van der Waals surface area contributed by atoms with E-state index in [0.717, 1.165) is 0 Å². The van der Waals surface area contributed by atoms with Crippen molar-refractivity contribution in [3.8, 4) is 0 Å². The Hall–Kier alpha value is -1.36. The van der Waals surface area contributed by atoms with Gasteiger partial charge < -0.3 is 11.1 Å². The molecule has 0 aromatic heterocycles. The maximum Gasteiger partial charge on any atom is 0.294 e. The van der Waals surface area contributed by atoms with E-state index < -0.39 is 36.1 Å². The first-order valence-corrected chi connectivity index (χ1v) is 7.88. The second-order valence-corrected chi connectivity index (χ2v) is 6.88. The Labute approximate surface area is 111 Å². The minimum atomic E-state index is -4.65. The third-order valence-electron chi connectivity index (χ3n) is 2.48. The molecule has 5 N–H and O–H groups in total. The standard InChI is InChI=1S/C9H14N2O6S2/c1-5-3-7(11-6(2)10)9(19(15,16)17)4-8(5)18(12,13)14/h4,7,11H,2-3,10H2,1H3,(H,12,13,14)(H,15,16,17). The van der Waals surface area contributed by atoms with E-state index in [-0.39, 0.29) is 17.8 Å². The van der Waals surface area contributed by atoms with Gasteiger partial charge in [-0.05, 0) is 25.0 Å². The summed E-state index contributed by atoms with van der Waals surface area (Å²) in [5, 5.41) is 2.51. The van der Waals surface area contributed by atoms with Crippen molar-refractivity contribution in [3.05, 3.63) is 33.9 Å². The van der Waals surface area contributed by atoms with Gasteiger partial charge >= 0.3 is 0 Å². The van der Waals surface area contributed by atoms with E-state index >= 15 is 0 Å². The summed E-state index contributed by atoms with van der Waals surface area (Å²) in [4.78, 5) is -1.15. The maximum absolute atomic E-state index is 11.2. The van der Waals surface area contributed by atoms with Crippen LogP contribution < -0.4 is 11.1 Å². The van der Waals surface area contributed by atoms with Gasteiger partial charge in [0, 0.05) is 0 Å². The average molecular weight is 310 g/mol. The molecule has 108 valence electrons. The number of hydrogen-bond acceptors (Lipinski definition) is 6. The predicted molar refractivity (Wildman–Crippen MR) is 68.7 cm³/mol. The van der Waals surface area contributed by atoms with Crippen molar-refractivity contribution in [3.63, 3.8) is 0 Å². The molecule has 1 rings (SSSR count). The molecular formula is C9H14N2O6S2. The maximum atomic E-state index is 11.2. The molecule has 0 aliphatic heterocycles. The van der Waals surface area contributed by atoms with E-state index in [0.29, 0.717) is 6.08 Å². The third kappa shape index (κ3) is 3.80. The summed E-state index contributed by atoms with van der Waals surface area (Å²) in [5.41, 5.74) is 5.53. The van der Waals surface area contributed by atoms with Gasteiger partial charge in [-0.3, -0.25) is 9.11 Å². The van der Waals surface area contributed by atoms with E-state index in [1.165, 1.54) is 6.92 Å². The lowest BCUT2D eigenvalue weighted by atomic mass is 10.0. The first-order valence-electron chi connectivity index (χ1n) is 5.00. The zero-order valence-corrected chi connectivity index (χ0v) is 11.6. The number of nitrogens with two attached hydrogens (primary N) is 1. The average Bonchev–Trinajstić information content (AvgIpc) is 2.11. The van der Waals surface area contributed by atoms with Gasteiger partial charge in [0.25, 0.3) is 20.2 Å². The van der Waals surface area contributed by atoms with Crippen LogP contribution in [0.4, 0.5) is 0 Å². The molecule has 19 heavy (non-hydrogen) atoms. The van der Waals surface area contributed by atoms with Gasteiger partial charge in [-0.1, -0.05) is 6.58 Å². The summed E-state index contributed by atoms with van der Waals surface area (Å²) in [5.74, 6) is -0.0392. The highest BCUT2D eigenvalue weighted by Crippen LogP contribution is 2.29. The van der Waals surface area contributed by atoms with Crippen LogP contribution in [0, 0.1) is 0 Å². The summed E-state index contributed by atoms with van der Waals surface area (Å²) < 4.78 is 62.8. The molecule has 0 fully saturated rings. The molecule has 1 aliphatic rings. The van der Waals surface area contributed by atoms with Gasteiger partial charge in [-0.15, -0.1) is 0 Å². The molecule has 10 heteroatoms. The Morgan fingerprint density at radius 3 is 2.26 bits per heavy atom. The van der Waals surface area contributed by atoms with Crippen molar-refractivity contribution < 1.29 is 25.9 Å². The molecule has 0 saturated heterocycles. The van der Waals surface area contributed by atoms with Crippen LogP contribution in [0.25, 0.3) is 0 Å². The monoisotopic (exact) mass is 310 g/mol. The lowest BCUT2D eigenvalue weighted by Crippen LogP contribution is -2.37. The summed E-state index contributed by atoms with van der Waals surface area (Å²) in [6.45, 7) is 4.75. The molecule has 8 nitrogen and oxygen atoms in total. The van der Waals surface area contributed by atoms with Crippen molar-refractivity contribution >= 4 is 20.2 Å². The van der Waals surface area contributed by atoms with Crippen molar-refractivity contribution in [1.82, 2.24) is 5.32 Å². The summed E-state index contributed by atoms with van der Waals surface area (Å²) in [6.07, 6.45) is 0.626. The second-order valence-electron chi connectivity index (χ2n) is 4.07. The quantitative estimate of drug-likeness (QED) is 0.518. The summed E-state index contributed by atoms with van der Waals surface area (Å²) >= 11 is 0. The van der Waals surface area contributed by atoms with Gasteiger partial charge in [-0.2, -0.15) is 16.8 Å². The minimum absolute atomic E-state index is 0.0392. The Balaban J connectivity index is 3.41. The Bertz CT molecular complexity index is 671. The second kappa shape index (κ2) is 4.96. The lowest BCUT2D eigenvalue weighted by Gasteiger charge is -2.25. The van der Waals surface area contributed by atoms with Crippen LogP contribution in [0.3, 0.4) is 0 Å². The van der Waals surface area contributed by atoms with Gasteiger partial charge in [-0.25, -0.2) is 0 Å². The number of rotatable bonds is 4. The lowest BCUT2D eigenvalue weighted by molar-refractivity contribution is 0.481. The smallest absolute Gasteiger partial charge is 0.294 e. The van der Waals surface area contributed by atoms with Crippen LogP contribution in [0.5, 0.6) is 0 Å². The van der Waals surface area contributed by atoms with E-state index in [1.54, 1.807) is 0 Å². The zero-order chi connectivity index (χ0) is 15.0. The number of nitrogens with one attached hydrogen (secondary N) is 1. The molecular weight excluding hydrogens is 296 g/mol. The Morgan fingerprint density at radius 2 is 1.89 bits per heavy atom. The number of allylic oxidation sites excluding steroid dienone is 1. The SMILES string of the molecule is C=C(N)NC1CC(C)=C(S(=O)(=O)O)C=C1S(=O)(=O)O. The molecule has 0 spiro atoms. The van der Waals surface area contributed by atoms with Gasteiger partial charge in [0.1, 0.15) is 0 Å². The van der Waals surface area contributed by atoms with Crippen molar-refractivity contribution in [1.29, 1.82) is 0 Å². The van der Waals surface area contributed by atoms with Gasteiger partial charge in [0.05, 0.1) is 21.7 Å². The summed E-state index contributed by atoms with van der Waals surface area (Å²) in [6, 6.07) is -0.946. The minimum Gasteiger partial charge on any atom is -0.386 e. The fourth-order valence-corrected chi connectivity index (χ4v) is 3.40. The number of hydrogen-bond donors (Lipinski definition) is 4. The molecule has 0 aromatic carbocycles. The van der Waals surface area contributed by atoms with Crippen LogP contribution in [0.15, 0.2) is 33.9 Å².